The fourth-order valence-corrected chi connectivity index (χ4v) is 1.95. The highest BCUT2D eigenvalue weighted by Crippen LogP contribution is 2.37. The maximum absolute atomic E-state index is 5.55. The molecule has 0 radical (unpaired) electrons. The zero-order valence-electron chi connectivity index (χ0n) is 8.20. The van der Waals surface area contributed by atoms with E-state index in [9.17, 15) is 0 Å². The molecule has 0 aromatic carbocycles. The largest absolute Gasteiger partial charge is 0.378 e. The van der Waals surface area contributed by atoms with E-state index in [-0.39, 0.29) is 0 Å². The van der Waals surface area contributed by atoms with Gasteiger partial charge in [0.1, 0.15) is 5.82 Å². The van der Waals surface area contributed by atoms with Crippen LogP contribution in [0.4, 0.5) is 0 Å². The van der Waals surface area contributed by atoms with Crippen LogP contribution in [0.3, 0.4) is 0 Å². The summed E-state index contributed by atoms with van der Waals surface area (Å²) in [5, 5.41) is 7.24. The van der Waals surface area contributed by atoms with Crippen LogP contribution in [0.2, 0.25) is 0 Å². The minimum absolute atomic E-state index is 0.370. The summed E-state index contributed by atoms with van der Waals surface area (Å²) in [6.07, 6.45) is 6.15. The molecule has 14 heavy (non-hydrogen) atoms. The Labute approximate surface area is 83.1 Å². The van der Waals surface area contributed by atoms with E-state index < -0.39 is 0 Å². The van der Waals surface area contributed by atoms with Crippen LogP contribution in [0.5, 0.6) is 0 Å². The molecule has 3 rings (SSSR count). The monoisotopic (exact) mass is 193 g/mol. The lowest BCUT2D eigenvalue weighted by molar-refractivity contribution is 0.110. The molecule has 0 spiro atoms. The topological polar surface area (TPSA) is 50.8 Å². The first-order valence-electron chi connectivity index (χ1n) is 5.44. The van der Waals surface area contributed by atoms with Crippen molar-refractivity contribution in [3.8, 4) is 0 Å². The second kappa shape index (κ2) is 3.35. The average molecular weight is 193 g/mol. The SMILES string of the molecule is C1COC(Cc2nc(C3CC3)n[nH]2)C1. The Morgan fingerprint density at radius 3 is 3.00 bits per heavy atom. The predicted molar refractivity (Wildman–Crippen MR) is 51.0 cm³/mol. The molecule has 2 fully saturated rings. The highest BCUT2D eigenvalue weighted by Gasteiger charge is 2.28. The van der Waals surface area contributed by atoms with E-state index in [0.717, 1.165) is 24.7 Å². The van der Waals surface area contributed by atoms with Gasteiger partial charge in [-0.15, -0.1) is 0 Å². The number of nitrogens with zero attached hydrogens (tertiary/aromatic N) is 2. The van der Waals surface area contributed by atoms with E-state index >= 15 is 0 Å². The van der Waals surface area contributed by atoms with Crippen molar-refractivity contribution < 1.29 is 4.74 Å². The van der Waals surface area contributed by atoms with Crippen molar-refractivity contribution in [3.63, 3.8) is 0 Å². The molecular formula is C10H15N3O. The second-order valence-corrected chi connectivity index (χ2v) is 4.25. The Morgan fingerprint density at radius 1 is 1.36 bits per heavy atom. The minimum Gasteiger partial charge on any atom is -0.378 e. The van der Waals surface area contributed by atoms with Crippen LogP contribution < -0.4 is 0 Å². The van der Waals surface area contributed by atoms with Gasteiger partial charge in [-0.1, -0.05) is 0 Å². The number of hydrogen-bond acceptors (Lipinski definition) is 3. The Morgan fingerprint density at radius 2 is 2.29 bits per heavy atom. The number of ether oxygens (including phenoxy) is 1. The molecule has 1 N–H and O–H groups in total. The Kier molecular flexibility index (Phi) is 2.01. The number of nitrogens with one attached hydrogen (secondary N) is 1. The smallest absolute Gasteiger partial charge is 0.153 e. The van der Waals surface area contributed by atoms with E-state index in [1.165, 1.54) is 25.7 Å². The van der Waals surface area contributed by atoms with Crippen molar-refractivity contribution in [1.82, 2.24) is 15.2 Å². The van der Waals surface area contributed by atoms with Crippen molar-refractivity contribution in [3.05, 3.63) is 11.6 Å². The lowest BCUT2D eigenvalue weighted by Crippen LogP contribution is -2.09. The van der Waals surface area contributed by atoms with Gasteiger partial charge < -0.3 is 4.74 Å². The Bertz CT molecular complexity index is 313. The van der Waals surface area contributed by atoms with Gasteiger partial charge in [-0.25, -0.2) is 4.98 Å². The van der Waals surface area contributed by atoms with Gasteiger partial charge in [-0.2, -0.15) is 5.10 Å². The van der Waals surface area contributed by atoms with Gasteiger partial charge in [-0.05, 0) is 25.7 Å². The molecule has 2 aliphatic rings. The average Bonchev–Trinajstić information content (AvgIpc) is 2.75. The van der Waals surface area contributed by atoms with Crippen molar-refractivity contribution in [1.29, 1.82) is 0 Å². The normalized spacial score (nSPS) is 27.0. The summed E-state index contributed by atoms with van der Waals surface area (Å²) in [5.74, 6) is 2.65. The predicted octanol–water partition coefficient (Wildman–Crippen LogP) is 1.40. The number of aromatic nitrogens is 3. The number of rotatable bonds is 3. The van der Waals surface area contributed by atoms with Crippen molar-refractivity contribution in [2.75, 3.05) is 6.61 Å². The third kappa shape index (κ3) is 1.66. The molecule has 2 heterocycles. The van der Waals surface area contributed by atoms with Gasteiger partial charge in [0.05, 0.1) is 6.10 Å². The fourth-order valence-electron chi connectivity index (χ4n) is 1.95. The van der Waals surface area contributed by atoms with Crippen LogP contribution in [0.1, 0.15) is 43.3 Å². The van der Waals surface area contributed by atoms with Crippen LogP contribution in [0.25, 0.3) is 0 Å². The van der Waals surface area contributed by atoms with Crippen LogP contribution in [-0.4, -0.2) is 27.9 Å². The van der Waals surface area contributed by atoms with Gasteiger partial charge >= 0.3 is 0 Å². The quantitative estimate of drug-likeness (QED) is 0.789. The highest BCUT2D eigenvalue weighted by molar-refractivity contribution is 5.05. The maximum Gasteiger partial charge on any atom is 0.153 e. The number of aromatic amines is 1. The highest BCUT2D eigenvalue weighted by atomic mass is 16.5. The lowest BCUT2D eigenvalue weighted by Gasteiger charge is -2.04. The van der Waals surface area contributed by atoms with E-state index in [0.29, 0.717) is 12.0 Å². The summed E-state index contributed by atoms with van der Waals surface area (Å²) in [4.78, 5) is 4.49. The zero-order chi connectivity index (χ0) is 9.38. The van der Waals surface area contributed by atoms with Crippen LogP contribution >= 0.6 is 0 Å². The summed E-state index contributed by atoms with van der Waals surface area (Å²) < 4.78 is 5.55. The van der Waals surface area contributed by atoms with Gasteiger partial charge in [0.15, 0.2) is 5.82 Å². The summed E-state index contributed by atoms with van der Waals surface area (Å²) in [7, 11) is 0. The van der Waals surface area contributed by atoms with Gasteiger partial charge in [0.2, 0.25) is 0 Å². The lowest BCUT2D eigenvalue weighted by atomic mass is 10.2. The number of hydrogen-bond donors (Lipinski definition) is 1. The first kappa shape index (κ1) is 8.41. The van der Waals surface area contributed by atoms with E-state index in [1.54, 1.807) is 0 Å². The molecule has 0 bridgehead atoms. The van der Waals surface area contributed by atoms with E-state index in [1.807, 2.05) is 0 Å². The summed E-state index contributed by atoms with van der Waals surface area (Å²) in [6.45, 7) is 0.911. The standard InChI is InChI=1S/C10H15N3O/c1-2-8(14-5-1)6-9-11-10(13-12-9)7-3-4-7/h7-8H,1-6H2,(H,11,12,13). The molecular weight excluding hydrogens is 178 g/mol. The van der Waals surface area contributed by atoms with Crippen LogP contribution in [-0.2, 0) is 11.2 Å². The van der Waals surface area contributed by atoms with Gasteiger partial charge in [-0.3, -0.25) is 5.10 Å². The fraction of sp³-hybridized carbons (Fsp3) is 0.800. The summed E-state index contributed by atoms with van der Waals surface area (Å²) in [5.41, 5.74) is 0. The summed E-state index contributed by atoms with van der Waals surface area (Å²) in [6, 6.07) is 0. The van der Waals surface area contributed by atoms with Crippen LogP contribution in [0, 0.1) is 0 Å². The first-order valence-corrected chi connectivity index (χ1v) is 5.44. The molecule has 76 valence electrons. The summed E-state index contributed by atoms with van der Waals surface area (Å²) >= 11 is 0. The van der Waals surface area contributed by atoms with Gasteiger partial charge in [0.25, 0.3) is 0 Å². The Balaban J connectivity index is 1.64. The third-order valence-corrected chi connectivity index (χ3v) is 2.94. The van der Waals surface area contributed by atoms with Crippen molar-refractivity contribution in [2.24, 2.45) is 0 Å². The molecule has 4 heteroatoms. The van der Waals surface area contributed by atoms with E-state index in [4.69, 9.17) is 4.74 Å². The van der Waals surface area contributed by atoms with Crippen LogP contribution in [0.15, 0.2) is 0 Å². The molecule has 1 saturated heterocycles. The zero-order valence-corrected chi connectivity index (χ0v) is 8.20. The molecule has 1 aromatic rings. The van der Waals surface area contributed by atoms with Gasteiger partial charge in [0, 0.05) is 18.9 Å². The molecule has 4 nitrogen and oxygen atoms in total. The van der Waals surface area contributed by atoms with E-state index in [2.05, 4.69) is 15.2 Å². The second-order valence-electron chi connectivity index (χ2n) is 4.25. The first-order chi connectivity index (χ1) is 6.92. The third-order valence-electron chi connectivity index (χ3n) is 2.94. The molecule has 0 amide bonds. The molecule has 1 atom stereocenters. The minimum atomic E-state index is 0.370. The molecule has 1 saturated carbocycles. The Hall–Kier alpha value is -0.900. The molecule has 1 unspecified atom stereocenters. The number of H-pyrrole nitrogens is 1. The molecule has 1 aromatic heterocycles. The van der Waals surface area contributed by atoms with Crippen molar-refractivity contribution >= 4 is 0 Å². The molecule has 1 aliphatic carbocycles. The maximum atomic E-state index is 5.55. The van der Waals surface area contributed by atoms with Crippen molar-refractivity contribution in [2.45, 2.75) is 44.1 Å². The molecule has 1 aliphatic heterocycles.